The maximum Gasteiger partial charge on any atom is 0.254 e. The van der Waals surface area contributed by atoms with Crippen LogP contribution in [0.15, 0.2) is 66.0 Å². The molecule has 2 heterocycles. The van der Waals surface area contributed by atoms with Crippen LogP contribution in [0, 0.1) is 6.92 Å². The molecule has 1 aromatic heterocycles. The Hall–Kier alpha value is -2.92. The molecule has 5 rings (SSSR count). The molecule has 0 saturated heterocycles. The second-order valence-electron chi connectivity index (χ2n) is 8.53. The summed E-state index contributed by atoms with van der Waals surface area (Å²) >= 11 is 1.62. The molecule has 5 heteroatoms. The molecule has 0 radical (unpaired) electrons. The zero-order valence-corrected chi connectivity index (χ0v) is 18.4. The lowest BCUT2D eigenvalue weighted by molar-refractivity contribution is -0.119. The van der Waals surface area contributed by atoms with E-state index in [9.17, 15) is 9.59 Å². The number of nitrogens with zero attached hydrogens (tertiary/aromatic N) is 1. The zero-order chi connectivity index (χ0) is 21.4. The Kier molecular flexibility index (Phi) is 5.36. The van der Waals surface area contributed by atoms with Crippen LogP contribution in [0.2, 0.25) is 0 Å². The number of carbonyl (C=O) groups is 2. The highest BCUT2D eigenvalue weighted by Gasteiger charge is 2.47. The average molecular weight is 431 g/mol. The summed E-state index contributed by atoms with van der Waals surface area (Å²) in [4.78, 5) is 30.5. The van der Waals surface area contributed by atoms with E-state index in [0.29, 0.717) is 5.56 Å². The molecule has 1 N–H and O–H groups in total. The fourth-order valence-electron chi connectivity index (χ4n) is 5.04. The van der Waals surface area contributed by atoms with Gasteiger partial charge >= 0.3 is 0 Å². The van der Waals surface area contributed by atoms with Crippen LogP contribution in [0.5, 0.6) is 0 Å². The monoisotopic (exact) mass is 430 g/mol. The molecule has 4 nitrogen and oxygen atoms in total. The molecule has 1 aliphatic heterocycles. The third-order valence-corrected chi connectivity index (χ3v) is 7.47. The van der Waals surface area contributed by atoms with Gasteiger partial charge in [0, 0.05) is 22.2 Å². The number of nitrogens with one attached hydrogen (secondary N) is 1. The van der Waals surface area contributed by atoms with Crippen molar-refractivity contribution in [1.29, 1.82) is 0 Å². The minimum atomic E-state index is -0.450. The lowest BCUT2D eigenvalue weighted by Crippen LogP contribution is -2.49. The summed E-state index contributed by atoms with van der Waals surface area (Å²) in [5.74, 6) is -0.458. The summed E-state index contributed by atoms with van der Waals surface area (Å²) in [6, 6.07) is 19.5. The minimum Gasteiger partial charge on any atom is -0.327 e. The highest BCUT2D eigenvalue weighted by atomic mass is 32.1. The van der Waals surface area contributed by atoms with Gasteiger partial charge in [0.15, 0.2) is 0 Å². The number of aryl methyl sites for hydroxylation is 1. The molecule has 2 aromatic carbocycles. The Morgan fingerprint density at radius 2 is 1.74 bits per heavy atom. The normalized spacial score (nSPS) is 21.2. The number of benzene rings is 2. The number of fused-ring (bicyclic) bond motifs is 1. The summed E-state index contributed by atoms with van der Waals surface area (Å²) in [5, 5.41) is 5.16. The molecule has 0 unspecified atom stereocenters. The van der Waals surface area contributed by atoms with Crippen molar-refractivity contribution in [2.45, 2.75) is 50.6 Å². The van der Waals surface area contributed by atoms with Gasteiger partial charge in [0.25, 0.3) is 5.91 Å². The van der Waals surface area contributed by atoms with Gasteiger partial charge in [-0.05, 0) is 55.0 Å². The molecule has 2 aliphatic rings. The van der Waals surface area contributed by atoms with Gasteiger partial charge in [-0.1, -0.05) is 54.8 Å². The first-order valence-corrected chi connectivity index (χ1v) is 11.8. The molecular formula is C26H26N2O2S. The first-order valence-electron chi connectivity index (χ1n) is 11.0. The Balaban J connectivity index is 1.61. The van der Waals surface area contributed by atoms with Gasteiger partial charge in [0.05, 0.1) is 12.0 Å². The molecule has 1 fully saturated rings. The number of rotatable bonds is 4. The van der Waals surface area contributed by atoms with E-state index in [0.717, 1.165) is 47.4 Å². The standard InChI is InChI=1S/C26H26N2O2S/c1-17-12-14-18(15-13-17)27-25(29)23-20-9-4-5-10-21(20)26(30)28(19-7-2-3-8-19)24(23)22-11-6-16-31-22/h4-6,9-16,19,23-24H,2-3,7-8H2,1H3,(H,27,29)/t23-,24-/m0/s1. The van der Waals surface area contributed by atoms with Gasteiger partial charge in [0.2, 0.25) is 5.91 Å². The van der Waals surface area contributed by atoms with Crippen molar-refractivity contribution in [2.24, 2.45) is 0 Å². The van der Waals surface area contributed by atoms with Gasteiger partial charge < -0.3 is 10.2 Å². The fourth-order valence-corrected chi connectivity index (χ4v) is 5.90. The largest absolute Gasteiger partial charge is 0.327 e. The van der Waals surface area contributed by atoms with Crippen LogP contribution < -0.4 is 5.32 Å². The van der Waals surface area contributed by atoms with E-state index in [-0.39, 0.29) is 23.9 Å². The predicted molar refractivity (Wildman–Crippen MR) is 124 cm³/mol. The first kappa shape index (κ1) is 20.0. The average Bonchev–Trinajstić information content (AvgIpc) is 3.49. The molecular weight excluding hydrogens is 404 g/mol. The van der Waals surface area contributed by atoms with E-state index in [4.69, 9.17) is 0 Å². The predicted octanol–water partition coefficient (Wildman–Crippen LogP) is 5.92. The van der Waals surface area contributed by atoms with Crippen LogP contribution in [-0.4, -0.2) is 22.8 Å². The maximum absolute atomic E-state index is 13.7. The van der Waals surface area contributed by atoms with Crippen molar-refractivity contribution in [3.8, 4) is 0 Å². The number of thiophene rings is 1. The van der Waals surface area contributed by atoms with Crippen LogP contribution in [0.25, 0.3) is 0 Å². The van der Waals surface area contributed by atoms with Gasteiger partial charge in [-0.15, -0.1) is 11.3 Å². The van der Waals surface area contributed by atoms with E-state index < -0.39 is 5.92 Å². The lowest BCUT2D eigenvalue weighted by Gasteiger charge is -2.44. The summed E-state index contributed by atoms with van der Waals surface area (Å²) in [7, 11) is 0. The van der Waals surface area contributed by atoms with Crippen molar-refractivity contribution in [3.05, 3.63) is 87.6 Å². The van der Waals surface area contributed by atoms with E-state index in [1.807, 2.05) is 71.8 Å². The van der Waals surface area contributed by atoms with E-state index in [1.165, 1.54) is 0 Å². The molecule has 158 valence electrons. The molecule has 2 atom stereocenters. The van der Waals surface area contributed by atoms with Crippen molar-refractivity contribution >= 4 is 28.8 Å². The van der Waals surface area contributed by atoms with Crippen molar-refractivity contribution in [2.75, 3.05) is 5.32 Å². The van der Waals surface area contributed by atoms with Crippen LogP contribution in [-0.2, 0) is 4.79 Å². The van der Waals surface area contributed by atoms with Crippen LogP contribution in [0.4, 0.5) is 5.69 Å². The topological polar surface area (TPSA) is 49.4 Å². The van der Waals surface area contributed by atoms with E-state index >= 15 is 0 Å². The van der Waals surface area contributed by atoms with Gasteiger partial charge in [0.1, 0.15) is 0 Å². The third kappa shape index (κ3) is 3.68. The minimum absolute atomic E-state index is 0.0558. The summed E-state index contributed by atoms with van der Waals surface area (Å²) in [6.45, 7) is 2.03. The van der Waals surface area contributed by atoms with E-state index in [2.05, 4.69) is 11.4 Å². The van der Waals surface area contributed by atoms with Crippen molar-refractivity contribution < 1.29 is 9.59 Å². The number of amides is 2. The van der Waals surface area contributed by atoms with Crippen molar-refractivity contribution in [1.82, 2.24) is 4.90 Å². The van der Waals surface area contributed by atoms with Gasteiger partial charge in [-0.25, -0.2) is 0 Å². The molecule has 0 spiro atoms. The highest BCUT2D eigenvalue weighted by molar-refractivity contribution is 7.10. The number of hydrogen-bond acceptors (Lipinski definition) is 3. The molecule has 1 saturated carbocycles. The quantitative estimate of drug-likeness (QED) is 0.559. The summed E-state index contributed by atoms with van der Waals surface area (Å²) < 4.78 is 0. The lowest BCUT2D eigenvalue weighted by atomic mass is 9.80. The highest BCUT2D eigenvalue weighted by Crippen LogP contribution is 2.47. The van der Waals surface area contributed by atoms with Crippen LogP contribution in [0.3, 0.4) is 0 Å². The van der Waals surface area contributed by atoms with Gasteiger partial charge in [-0.3, -0.25) is 9.59 Å². The van der Waals surface area contributed by atoms with Gasteiger partial charge in [-0.2, -0.15) is 0 Å². The van der Waals surface area contributed by atoms with Crippen LogP contribution >= 0.6 is 11.3 Å². The number of anilines is 1. The summed E-state index contributed by atoms with van der Waals surface area (Å²) in [6.07, 6.45) is 4.27. The second-order valence-corrected chi connectivity index (χ2v) is 9.51. The smallest absolute Gasteiger partial charge is 0.254 e. The molecule has 31 heavy (non-hydrogen) atoms. The Morgan fingerprint density at radius 1 is 1.00 bits per heavy atom. The molecule has 2 amide bonds. The Bertz CT molecular complexity index is 1080. The Morgan fingerprint density at radius 3 is 2.45 bits per heavy atom. The van der Waals surface area contributed by atoms with Crippen LogP contribution in [0.1, 0.15) is 64.0 Å². The first-order chi connectivity index (χ1) is 15.1. The maximum atomic E-state index is 13.7. The van der Waals surface area contributed by atoms with E-state index in [1.54, 1.807) is 11.3 Å². The number of carbonyl (C=O) groups excluding carboxylic acids is 2. The molecule has 1 aliphatic carbocycles. The summed E-state index contributed by atoms with van der Waals surface area (Å²) in [5.41, 5.74) is 3.41. The van der Waals surface area contributed by atoms with Crippen molar-refractivity contribution in [3.63, 3.8) is 0 Å². The molecule has 3 aromatic rings. The second kappa shape index (κ2) is 8.31. The zero-order valence-electron chi connectivity index (χ0n) is 17.6. The molecule has 0 bridgehead atoms. The third-order valence-electron chi connectivity index (χ3n) is 6.53. The Labute approximate surface area is 186 Å². The fraction of sp³-hybridized carbons (Fsp3) is 0.308. The number of hydrogen-bond donors (Lipinski definition) is 1. The SMILES string of the molecule is Cc1ccc(NC(=O)[C@H]2c3ccccc3C(=O)N(C3CCCC3)[C@H]2c2cccs2)cc1.